The van der Waals surface area contributed by atoms with Crippen LogP contribution >= 0.6 is 0 Å². The third-order valence-electron chi connectivity index (χ3n) is 3.38. The predicted octanol–water partition coefficient (Wildman–Crippen LogP) is 3.69. The zero-order chi connectivity index (χ0) is 13.8. The second-order valence-corrected chi connectivity index (χ2v) is 4.69. The number of nitriles is 1. The fourth-order valence-corrected chi connectivity index (χ4v) is 2.37. The molecule has 0 radical (unpaired) electrons. The summed E-state index contributed by atoms with van der Waals surface area (Å²) in [5, 5.41) is 13.6. The van der Waals surface area contributed by atoms with Crippen molar-refractivity contribution >= 4 is 16.7 Å². The maximum absolute atomic E-state index is 9.31. The lowest BCUT2D eigenvalue weighted by atomic mass is 10.1. The summed E-state index contributed by atoms with van der Waals surface area (Å²) in [5.41, 5.74) is 2.97. The quantitative estimate of drug-likeness (QED) is 0.752. The Balaban J connectivity index is 1.76. The highest BCUT2D eigenvalue weighted by Crippen LogP contribution is 2.25. The van der Waals surface area contributed by atoms with Crippen LogP contribution in [0.25, 0.3) is 10.9 Å². The molecular formula is C17H15N3. The molecule has 20 heavy (non-hydrogen) atoms. The van der Waals surface area contributed by atoms with E-state index in [0.717, 1.165) is 29.7 Å². The number of nitrogens with zero attached hydrogens (tertiary/aromatic N) is 1. The van der Waals surface area contributed by atoms with E-state index in [1.54, 1.807) is 0 Å². The van der Waals surface area contributed by atoms with Gasteiger partial charge in [-0.05, 0) is 18.1 Å². The molecule has 0 aliphatic rings. The Kier molecular flexibility index (Phi) is 3.38. The average molecular weight is 261 g/mol. The van der Waals surface area contributed by atoms with Gasteiger partial charge >= 0.3 is 0 Å². The smallest absolute Gasteiger partial charge is 0.122 e. The van der Waals surface area contributed by atoms with E-state index in [1.165, 1.54) is 5.56 Å². The van der Waals surface area contributed by atoms with E-state index in [0.29, 0.717) is 5.56 Å². The molecule has 0 saturated heterocycles. The number of fused-ring (bicyclic) bond motifs is 1. The molecule has 0 bridgehead atoms. The van der Waals surface area contributed by atoms with Crippen LogP contribution in [0.2, 0.25) is 0 Å². The van der Waals surface area contributed by atoms with Crippen LogP contribution in [0.5, 0.6) is 0 Å². The molecule has 3 heteroatoms. The fraction of sp³-hybridized carbons (Fsp3) is 0.118. The number of hydrogen-bond donors (Lipinski definition) is 2. The largest absolute Gasteiger partial charge is 0.370 e. The topological polar surface area (TPSA) is 51.6 Å². The Hall–Kier alpha value is -2.73. The Morgan fingerprint density at radius 2 is 1.75 bits per heavy atom. The van der Waals surface area contributed by atoms with Crippen molar-refractivity contribution < 1.29 is 0 Å². The van der Waals surface area contributed by atoms with Crippen LogP contribution < -0.4 is 5.32 Å². The van der Waals surface area contributed by atoms with Gasteiger partial charge in [-0.25, -0.2) is 0 Å². The van der Waals surface area contributed by atoms with E-state index in [9.17, 15) is 5.26 Å². The fourth-order valence-electron chi connectivity index (χ4n) is 2.37. The molecule has 1 heterocycles. The number of anilines is 1. The van der Waals surface area contributed by atoms with E-state index in [4.69, 9.17) is 0 Å². The van der Waals surface area contributed by atoms with Crippen LogP contribution in [0.4, 0.5) is 5.82 Å². The van der Waals surface area contributed by atoms with Gasteiger partial charge in [0.1, 0.15) is 17.5 Å². The van der Waals surface area contributed by atoms with Crippen molar-refractivity contribution in [3.63, 3.8) is 0 Å². The Bertz CT molecular complexity index is 751. The molecule has 3 nitrogen and oxygen atoms in total. The van der Waals surface area contributed by atoms with Crippen LogP contribution in [-0.2, 0) is 6.42 Å². The summed E-state index contributed by atoms with van der Waals surface area (Å²) in [6.45, 7) is 0.797. The average Bonchev–Trinajstić information content (AvgIpc) is 2.86. The van der Waals surface area contributed by atoms with Gasteiger partial charge in [-0.2, -0.15) is 5.26 Å². The summed E-state index contributed by atoms with van der Waals surface area (Å²) in [5.74, 6) is 0.810. The first kappa shape index (κ1) is 12.3. The minimum atomic E-state index is 0.689. The van der Waals surface area contributed by atoms with Gasteiger partial charge in [0.2, 0.25) is 0 Å². The zero-order valence-electron chi connectivity index (χ0n) is 11.1. The number of nitrogens with one attached hydrogen (secondary N) is 2. The number of benzene rings is 2. The molecule has 0 aliphatic heterocycles. The molecule has 0 atom stereocenters. The van der Waals surface area contributed by atoms with E-state index in [2.05, 4.69) is 28.5 Å². The van der Waals surface area contributed by atoms with Gasteiger partial charge in [0.15, 0.2) is 0 Å². The van der Waals surface area contributed by atoms with Gasteiger partial charge in [0.25, 0.3) is 0 Å². The molecule has 0 aliphatic carbocycles. The van der Waals surface area contributed by atoms with Crippen molar-refractivity contribution in [1.29, 1.82) is 5.26 Å². The number of para-hydroxylation sites is 1. The van der Waals surface area contributed by atoms with Crippen molar-refractivity contribution in [1.82, 2.24) is 4.98 Å². The minimum absolute atomic E-state index is 0.689. The Labute approximate surface area is 117 Å². The van der Waals surface area contributed by atoms with Crippen LogP contribution in [-0.4, -0.2) is 11.5 Å². The van der Waals surface area contributed by atoms with Gasteiger partial charge in [-0.15, -0.1) is 0 Å². The number of rotatable bonds is 4. The first-order chi connectivity index (χ1) is 9.88. The summed E-state index contributed by atoms with van der Waals surface area (Å²) in [7, 11) is 0. The number of H-pyrrole nitrogens is 1. The van der Waals surface area contributed by atoms with Crippen LogP contribution in [0, 0.1) is 11.3 Å². The molecule has 1 aromatic heterocycles. The third kappa shape index (κ3) is 2.36. The summed E-state index contributed by atoms with van der Waals surface area (Å²) >= 11 is 0. The molecule has 0 spiro atoms. The molecule has 0 amide bonds. The molecule has 98 valence electrons. The van der Waals surface area contributed by atoms with Crippen LogP contribution in [0.15, 0.2) is 54.6 Å². The molecular weight excluding hydrogens is 246 g/mol. The SMILES string of the molecule is N#Cc1c(NCCc2ccccc2)[nH]c2ccccc12. The summed E-state index contributed by atoms with van der Waals surface area (Å²) in [6.07, 6.45) is 0.932. The van der Waals surface area contributed by atoms with E-state index < -0.39 is 0 Å². The summed E-state index contributed by atoms with van der Waals surface area (Å²) in [4.78, 5) is 3.27. The van der Waals surface area contributed by atoms with Crippen molar-refractivity contribution in [2.75, 3.05) is 11.9 Å². The lowest BCUT2D eigenvalue weighted by Crippen LogP contribution is -2.06. The standard InChI is InChI=1S/C17H15N3/c18-12-15-14-8-4-5-9-16(14)20-17(15)19-11-10-13-6-2-1-3-7-13/h1-9,19-20H,10-11H2. The highest BCUT2D eigenvalue weighted by Gasteiger charge is 2.09. The third-order valence-corrected chi connectivity index (χ3v) is 3.38. The van der Waals surface area contributed by atoms with Crippen molar-refractivity contribution in [2.24, 2.45) is 0 Å². The first-order valence-corrected chi connectivity index (χ1v) is 6.67. The highest BCUT2D eigenvalue weighted by atomic mass is 15.0. The van der Waals surface area contributed by atoms with E-state index in [1.807, 2.05) is 42.5 Å². The highest BCUT2D eigenvalue weighted by molar-refractivity contribution is 5.91. The minimum Gasteiger partial charge on any atom is -0.370 e. The summed E-state index contributed by atoms with van der Waals surface area (Å²) in [6, 6.07) is 20.5. The summed E-state index contributed by atoms with van der Waals surface area (Å²) < 4.78 is 0. The maximum Gasteiger partial charge on any atom is 0.122 e. The molecule has 3 rings (SSSR count). The Morgan fingerprint density at radius 3 is 2.55 bits per heavy atom. The monoisotopic (exact) mass is 261 g/mol. The van der Waals surface area contributed by atoms with Gasteiger partial charge in [0, 0.05) is 17.4 Å². The van der Waals surface area contributed by atoms with Gasteiger partial charge in [0.05, 0.1) is 0 Å². The first-order valence-electron chi connectivity index (χ1n) is 6.67. The molecule has 3 aromatic rings. The normalized spacial score (nSPS) is 10.3. The molecule has 2 N–H and O–H groups in total. The second kappa shape index (κ2) is 5.50. The predicted molar refractivity (Wildman–Crippen MR) is 81.6 cm³/mol. The van der Waals surface area contributed by atoms with E-state index in [-0.39, 0.29) is 0 Å². The lowest BCUT2D eigenvalue weighted by molar-refractivity contribution is 1.01. The van der Waals surface area contributed by atoms with Crippen molar-refractivity contribution in [3.05, 3.63) is 65.7 Å². The lowest BCUT2D eigenvalue weighted by Gasteiger charge is -2.04. The maximum atomic E-state index is 9.31. The molecule has 0 saturated carbocycles. The molecule has 0 fully saturated rings. The molecule has 0 unspecified atom stereocenters. The number of aromatic amines is 1. The van der Waals surface area contributed by atoms with Crippen molar-refractivity contribution in [3.8, 4) is 6.07 Å². The van der Waals surface area contributed by atoms with Crippen LogP contribution in [0.1, 0.15) is 11.1 Å². The second-order valence-electron chi connectivity index (χ2n) is 4.69. The van der Waals surface area contributed by atoms with Crippen molar-refractivity contribution in [2.45, 2.75) is 6.42 Å². The van der Waals surface area contributed by atoms with E-state index >= 15 is 0 Å². The zero-order valence-corrected chi connectivity index (χ0v) is 11.1. The van der Waals surface area contributed by atoms with Crippen LogP contribution in [0.3, 0.4) is 0 Å². The van der Waals surface area contributed by atoms with Gasteiger partial charge in [-0.3, -0.25) is 0 Å². The Morgan fingerprint density at radius 1 is 1.00 bits per heavy atom. The molecule has 2 aromatic carbocycles. The number of aromatic nitrogens is 1. The number of hydrogen-bond acceptors (Lipinski definition) is 2. The van der Waals surface area contributed by atoms with Gasteiger partial charge in [-0.1, -0.05) is 48.5 Å². The van der Waals surface area contributed by atoms with Gasteiger partial charge < -0.3 is 10.3 Å².